The Labute approximate surface area is 203 Å². The first kappa shape index (κ1) is 29.0. The third-order valence-corrected chi connectivity index (χ3v) is 7.69. The van der Waals surface area contributed by atoms with Crippen molar-refractivity contribution in [3.8, 4) is 0 Å². The predicted octanol–water partition coefficient (Wildman–Crippen LogP) is 1.93. The van der Waals surface area contributed by atoms with Crippen molar-refractivity contribution >= 4 is 21.9 Å². The molecule has 1 aromatic carbocycles. The molecule has 1 aromatic rings. The fraction of sp³-hybridized carbons (Fsp3) is 0.636. The average molecular weight is 524 g/mol. The summed E-state index contributed by atoms with van der Waals surface area (Å²) in [6.07, 6.45) is -3.20. The van der Waals surface area contributed by atoms with E-state index < -0.39 is 22.2 Å². The number of halogens is 3. The van der Waals surface area contributed by atoms with Crippen molar-refractivity contribution in [2.75, 3.05) is 45.9 Å². The highest BCUT2D eigenvalue weighted by molar-refractivity contribution is 7.89. The highest BCUT2D eigenvalue weighted by Crippen LogP contribution is 2.24. The molecule has 1 amide bonds. The van der Waals surface area contributed by atoms with Crippen LogP contribution in [0.15, 0.2) is 23.1 Å². The van der Waals surface area contributed by atoms with E-state index in [-0.39, 0.29) is 25.0 Å². The Morgan fingerprint density at radius 2 is 1.86 bits per heavy atom. The van der Waals surface area contributed by atoms with Crippen LogP contribution >= 0.6 is 0 Å². The van der Waals surface area contributed by atoms with E-state index >= 15 is 0 Å². The Bertz CT molecular complexity index is 975. The molecule has 0 aromatic heterocycles. The molecule has 0 saturated carbocycles. The fourth-order valence-corrected chi connectivity index (χ4v) is 5.52. The molecular weight excluding hydrogens is 491 g/mol. The summed E-state index contributed by atoms with van der Waals surface area (Å²) in [7, 11) is -3.69. The van der Waals surface area contributed by atoms with Gasteiger partial charge in [0.25, 0.3) is 0 Å². The summed E-state index contributed by atoms with van der Waals surface area (Å²) in [6.45, 7) is 7.82. The van der Waals surface area contributed by atoms with Gasteiger partial charge < -0.3 is 20.1 Å². The predicted molar refractivity (Wildman–Crippen MR) is 121 cm³/mol. The number of hydrogen-bond acceptors (Lipinski definition) is 6. The van der Waals surface area contributed by atoms with Crippen LogP contribution in [0.5, 0.6) is 0 Å². The molecule has 2 N–H and O–H groups in total. The zero-order valence-corrected chi connectivity index (χ0v) is 20.6. The molecule has 9 nitrogen and oxygen atoms in total. The first-order chi connectivity index (χ1) is 16.3. The van der Waals surface area contributed by atoms with Crippen molar-refractivity contribution in [1.29, 1.82) is 0 Å². The number of aliphatic carboxylic acids is 1. The lowest BCUT2D eigenvalue weighted by Gasteiger charge is -2.29. The zero-order chi connectivity index (χ0) is 26.2. The number of hydrogen-bond donors (Lipinski definition) is 2. The van der Waals surface area contributed by atoms with Gasteiger partial charge in [0.05, 0.1) is 11.0 Å². The maximum Gasteiger partial charge on any atom is 0.490 e. The molecule has 2 fully saturated rings. The molecule has 3 rings (SSSR count). The molecule has 35 heavy (non-hydrogen) atoms. The number of nitrogens with zero attached hydrogens (tertiary/aromatic N) is 2. The lowest BCUT2D eigenvalue weighted by Crippen LogP contribution is -2.47. The van der Waals surface area contributed by atoms with Crippen LogP contribution in [0.1, 0.15) is 30.4 Å². The Morgan fingerprint density at radius 1 is 1.23 bits per heavy atom. The minimum atomic E-state index is -5.08. The molecule has 0 aliphatic carbocycles. The van der Waals surface area contributed by atoms with E-state index in [1.165, 1.54) is 4.31 Å². The van der Waals surface area contributed by atoms with Crippen LogP contribution in [0.4, 0.5) is 13.2 Å². The standard InChI is InChI=1S/C20H31N3O4S.C2HF3O2/c1-16-5-6-19(17(2)14-16)28(25,26)23(15-18-4-3-13-27-18)10-7-20(24)22-11-8-21-9-12-22;3-2(4,5)1(6)7/h5-6,14,18,21H,3-4,7-13,15H2,1-2H3;(H,6,7). The molecule has 2 saturated heterocycles. The van der Waals surface area contributed by atoms with E-state index in [0.29, 0.717) is 31.1 Å². The van der Waals surface area contributed by atoms with Gasteiger partial charge in [-0.05, 0) is 38.3 Å². The first-order valence-electron chi connectivity index (χ1n) is 11.3. The van der Waals surface area contributed by atoms with Gasteiger partial charge in [-0.3, -0.25) is 4.79 Å². The molecule has 0 radical (unpaired) electrons. The fourth-order valence-electron chi connectivity index (χ4n) is 3.85. The van der Waals surface area contributed by atoms with Crippen molar-refractivity contribution < 1.29 is 41.0 Å². The lowest BCUT2D eigenvalue weighted by atomic mass is 10.2. The van der Waals surface area contributed by atoms with Crippen molar-refractivity contribution in [2.45, 2.75) is 50.3 Å². The van der Waals surface area contributed by atoms with Crippen LogP contribution < -0.4 is 5.32 Å². The zero-order valence-electron chi connectivity index (χ0n) is 19.8. The molecule has 0 bridgehead atoms. The summed E-state index contributed by atoms with van der Waals surface area (Å²) in [5.41, 5.74) is 1.75. The number of amides is 1. The minimum absolute atomic E-state index is 0.00895. The van der Waals surface area contributed by atoms with Crippen LogP contribution in [-0.2, 0) is 24.3 Å². The van der Waals surface area contributed by atoms with Crippen LogP contribution in [0.3, 0.4) is 0 Å². The first-order valence-corrected chi connectivity index (χ1v) is 12.7. The van der Waals surface area contributed by atoms with Gasteiger partial charge in [-0.2, -0.15) is 17.5 Å². The lowest BCUT2D eigenvalue weighted by molar-refractivity contribution is -0.192. The number of carboxylic acid groups (broad SMARTS) is 1. The van der Waals surface area contributed by atoms with E-state index in [1.807, 2.05) is 30.9 Å². The molecular formula is C22H32F3N3O6S. The second kappa shape index (κ2) is 12.7. The van der Waals surface area contributed by atoms with Gasteiger partial charge >= 0.3 is 12.1 Å². The molecule has 13 heteroatoms. The van der Waals surface area contributed by atoms with Gasteiger partial charge in [0, 0.05) is 52.3 Å². The van der Waals surface area contributed by atoms with E-state index in [0.717, 1.165) is 37.1 Å². The molecule has 0 spiro atoms. The summed E-state index contributed by atoms with van der Waals surface area (Å²) >= 11 is 0. The van der Waals surface area contributed by atoms with Crippen LogP contribution in [0, 0.1) is 13.8 Å². The molecule has 2 heterocycles. The van der Waals surface area contributed by atoms with Crippen molar-refractivity contribution in [2.24, 2.45) is 0 Å². The maximum atomic E-state index is 13.4. The second-order valence-electron chi connectivity index (χ2n) is 8.45. The summed E-state index contributed by atoms with van der Waals surface area (Å²) in [4.78, 5) is 23.6. The normalized spacial score (nSPS) is 18.8. The third-order valence-electron chi connectivity index (χ3n) is 5.67. The quantitative estimate of drug-likeness (QED) is 0.561. The summed E-state index contributed by atoms with van der Waals surface area (Å²) in [5.74, 6) is -2.75. The number of aryl methyl sites for hydroxylation is 2. The SMILES string of the molecule is Cc1ccc(S(=O)(=O)N(CCC(=O)N2CCNCC2)CC2CCCO2)c(C)c1.O=C(O)C(F)(F)F. The highest BCUT2D eigenvalue weighted by Gasteiger charge is 2.38. The summed E-state index contributed by atoms with van der Waals surface area (Å²) in [5, 5.41) is 10.3. The minimum Gasteiger partial charge on any atom is -0.475 e. The summed E-state index contributed by atoms with van der Waals surface area (Å²) in [6, 6.07) is 5.36. The van der Waals surface area contributed by atoms with E-state index in [9.17, 15) is 26.4 Å². The van der Waals surface area contributed by atoms with Gasteiger partial charge in [-0.1, -0.05) is 17.7 Å². The van der Waals surface area contributed by atoms with Gasteiger partial charge in [0.1, 0.15) is 0 Å². The molecule has 198 valence electrons. The van der Waals surface area contributed by atoms with Crippen molar-refractivity contribution in [3.63, 3.8) is 0 Å². The number of carbonyl (C=O) groups excluding carboxylic acids is 1. The topological polar surface area (TPSA) is 116 Å². The average Bonchev–Trinajstić information content (AvgIpc) is 3.29. The Morgan fingerprint density at radius 3 is 2.37 bits per heavy atom. The van der Waals surface area contributed by atoms with Gasteiger partial charge in [0.2, 0.25) is 15.9 Å². The highest BCUT2D eigenvalue weighted by atomic mass is 32.2. The molecule has 1 unspecified atom stereocenters. The second-order valence-corrected chi connectivity index (χ2v) is 10.4. The Hall–Kier alpha value is -2.22. The Balaban J connectivity index is 0.000000540. The third kappa shape index (κ3) is 8.74. The van der Waals surface area contributed by atoms with Crippen LogP contribution in [0.25, 0.3) is 0 Å². The van der Waals surface area contributed by atoms with Gasteiger partial charge in [-0.15, -0.1) is 0 Å². The van der Waals surface area contributed by atoms with Gasteiger partial charge in [-0.25, -0.2) is 13.2 Å². The number of rotatable bonds is 7. The number of ether oxygens (including phenoxy) is 1. The summed E-state index contributed by atoms with van der Waals surface area (Å²) < 4.78 is 65.6. The van der Waals surface area contributed by atoms with Gasteiger partial charge in [0.15, 0.2) is 0 Å². The number of piperazine rings is 1. The monoisotopic (exact) mass is 523 g/mol. The van der Waals surface area contributed by atoms with Crippen LogP contribution in [-0.4, -0.2) is 92.8 Å². The van der Waals surface area contributed by atoms with E-state index in [1.54, 1.807) is 6.07 Å². The smallest absolute Gasteiger partial charge is 0.475 e. The number of carbonyl (C=O) groups is 2. The van der Waals surface area contributed by atoms with Crippen molar-refractivity contribution in [1.82, 2.24) is 14.5 Å². The molecule has 2 aliphatic heterocycles. The van der Waals surface area contributed by atoms with E-state index in [4.69, 9.17) is 14.6 Å². The Kier molecular flexibility index (Phi) is 10.5. The largest absolute Gasteiger partial charge is 0.490 e. The number of alkyl halides is 3. The van der Waals surface area contributed by atoms with Crippen molar-refractivity contribution in [3.05, 3.63) is 29.3 Å². The maximum absolute atomic E-state index is 13.4. The molecule has 2 aliphatic rings. The van der Waals surface area contributed by atoms with E-state index in [2.05, 4.69) is 5.32 Å². The number of sulfonamides is 1. The number of nitrogens with one attached hydrogen (secondary N) is 1. The number of benzene rings is 1. The molecule has 1 atom stereocenters. The van der Waals surface area contributed by atoms with Crippen LogP contribution in [0.2, 0.25) is 0 Å². The number of carboxylic acids is 1.